The second-order valence-corrected chi connectivity index (χ2v) is 3.93. The van der Waals surface area contributed by atoms with E-state index in [0.29, 0.717) is 5.65 Å². The van der Waals surface area contributed by atoms with Gasteiger partial charge in [-0.3, -0.25) is 0 Å². The number of fused-ring (bicyclic) bond motifs is 1. The van der Waals surface area contributed by atoms with Crippen LogP contribution in [0.15, 0.2) is 24.4 Å². The van der Waals surface area contributed by atoms with E-state index in [9.17, 15) is 4.39 Å². The number of nitrogens with zero attached hydrogens (tertiary/aromatic N) is 1. The van der Waals surface area contributed by atoms with Gasteiger partial charge in [0.25, 0.3) is 0 Å². The lowest BCUT2D eigenvalue weighted by Crippen LogP contribution is -2.21. The standard InChI is InChI=1S/C12H12FN3/c13-11-4-3-9-10(7-15-12(9)16-11)8-2-1-5-14-6-8/h2-4,7,14H,1,5-6H2,(H,15,16). The number of hydrogen-bond acceptors (Lipinski definition) is 2. The quantitative estimate of drug-likeness (QED) is 0.718. The largest absolute Gasteiger partial charge is 0.345 e. The van der Waals surface area contributed by atoms with E-state index in [-0.39, 0.29) is 0 Å². The molecule has 4 heteroatoms. The fourth-order valence-electron chi connectivity index (χ4n) is 2.10. The second kappa shape index (κ2) is 3.72. The van der Waals surface area contributed by atoms with Crippen molar-refractivity contribution in [3.05, 3.63) is 35.9 Å². The molecule has 2 aromatic heterocycles. The third kappa shape index (κ3) is 1.51. The van der Waals surface area contributed by atoms with Gasteiger partial charge in [-0.05, 0) is 30.7 Å². The Bertz CT molecular complexity index is 556. The molecule has 0 aromatic carbocycles. The molecule has 0 radical (unpaired) electrons. The van der Waals surface area contributed by atoms with Crippen LogP contribution in [0.25, 0.3) is 16.6 Å². The van der Waals surface area contributed by atoms with E-state index < -0.39 is 5.95 Å². The van der Waals surface area contributed by atoms with Crippen molar-refractivity contribution in [2.45, 2.75) is 6.42 Å². The Labute approximate surface area is 92.4 Å². The summed E-state index contributed by atoms with van der Waals surface area (Å²) in [6.07, 6.45) is 5.16. The van der Waals surface area contributed by atoms with E-state index in [1.165, 1.54) is 11.6 Å². The molecule has 0 atom stereocenters. The van der Waals surface area contributed by atoms with Gasteiger partial charge in [0.2, 0.25) is 5.95 Å². The summed E-state index contributed by atoms with van der Waals surface area (Å²) in [7, 11) is 0. The highest BCUT2D eigenvalue weighted by Gasteiger charge is 2.11. The summed E-state index contributed by atoms with van der Waals surface area (Å²) in [6, 6.07) is 3.18. The number of rotatable bonds is 1. The van der Waals surface area contributed by atoms with Gasteiger partial charge in [-0.2, -0.15) is 4.39 Å². The van der Waals surface area contributed by atoms with Gasteiger partial charge in [0, 0.05) is 23.7 Å². The lowest BCUT2D eigenvalue weighted by Gasteiger charge is -2.13. The maximum absolute atomic E-state index is 12.9. The summed E-state index contributed by atoms with van der Waals surface area (Å²) in [4.78, 5) is 6.83. The maximum atomic E-state index is 12.9. The average Bonchev–Trinajstić information content (AvgIpc) is 2.73. The van der Waals surface area contributed by atoms with Crippen LogP contribution in [0.3, 0.4) is 0 Å². The summed E-state index contributed by atoms with van der Waals surface area (Å²) in [5, 5.41) is 4.31. The van der Waals surface area contributed by atoms with Crippen molar-refractivity contribution in [3.8, 4) is 0 Å². The van der Waals surface area contributed by atoms with Crippen molar-refractivity contribution < 1.29 is 4.39 Å². The van der Waals surface area contributed by atoms with Gasteiger partial charge in [-0.25, -0.2) is 4.98 Å². The summed E-state index contributed by atoms with van der Waals surface area (Å²) < 4.78 is 12.9. The van der Waals surface area contributed by atoms with Gasteiger partial charge in [-0.15, -0.1) is 0 Å². The zero-order valence-electron chi connectivity index (χ0n) is 8.76. The molecule has 2 aromatic rings. The van der Waals surface area contributed by atoms with Crippen molar-refractivity contribution >= 4 is 16.6 Å². The second-order valence-electron chi connectivity index (χ2n) is 3.93. The number of pyridine rings is 1. The molecule has 0 unspecified atom stereocenters. The molecule has 0 saturated heterocycles. The number of halogens is 1. The Hall–Kier alpha value is -1.68. The summed E-state index contributed by atoms with van der Waals surface area (Å²) in [6.45, 7) is 1.89. The number of nitrogens with one attached hydrogen (secondary N) is 2. The van der Waals surface area contributed by atoms with Gasteiger partial charge in [0.15, 0.2) is 0 Å². The molecule has 2 N–H and O–H groups in total. The van der Waals surface area contributed by atoms with Gasteiger partial charge in [0.1, 0.15) is 5.65 Å². The van der Waals surface area contributed by atoms with Crippen molar-refractivity contribution in [2.75, 3.05) is 13.1 Å². The molecule has 0 spiro atoms. The lowest BCUT2D eigenvalue weighted by molar-refractivity contribution is 0.588. The molecule has 0 fully saturated rings. The molecule has 3 rings (SSSR count). The van der Waals surface area contributed by atoms with Crippen molar-refractivity contribution in [1.82, 2.24) is 15.3 Å². The predicted molar refractivity (Wildman–Crippen MR) is 61.5 cm³/mol. The summed E-state index contributed by atoms with van der Waals surface area (Å²) in [5.74, 6) is -0.448. The van der Waals surface area contributed by atoms with Gasteiger partial charge >= 0.3 is 0 Å². The van der Waals surface area contributed by atoms with Crippen molar-refractivity contribution in [3.63, 3.8) is 0 Å². The monoisotopic (exact) mass is 217 g/mol. The third-order valence-electron chi connectivity index (χ3n) is 2.88. The van der Waals surface area contributed by atoms with Crippen LogP contribution >= 0.6 is 0 Å². The highest BCUT2D eigenvalue weighted by molar-refractivity contribution is 5.91. The molecule has 16 heavy (non-hydrogen) atoms. The minimum atomic E-state index is -0.448. The highest BCUT2D eigenvalue weighted by atomic mass is 19.1. The van der Waals surface area contributed by atoms with Crippen LogP contribution in [0.2, 0.25) is 0 Å². The topological polar surface area (TPSA) is 40.7 Å². The van der Waals surface area contributed by atoms with Crippen LogP contribution in [0, 0.1) is 5.95 Å². The molecule has 1 aliphatic rings. The Balaban J connectivity index is 2.13. The molecule has 1 aliphatic heterocycles. The molecular formula is C12H12FN3. The maximum Gasteiger partial charge on any atom is 0.214 e. The first-order chi connectivity index (χ1) is 7.84. The van der Waals surface area contributed by atoms with Crippen LogP contribution < -0.4 is 5.32 Å². The number of aromatic nitrogens is 2. The molecule has 3 nitrogen and oxygen atoms in total. The first kappa shape index (κ1) is 9.54. The van der Waals surface area contributed by atoms with Crippen LogP contribution in [-0.4, -0.2) is 23.1 Å². The van der Waals surface area contributed by atoms with E-state index in [0.717, 1.165) is 30.5 Å². The Morgan fingerprint density at radius 1 is 1.31 bits per heavy atom. The predicted octanol–water partition coefficient (Wildman–Crippen LogP) is 2.08. The zero-order valence-corrected chi connectivity index (χ0v) is 8.76. The fourth-order valence-corrected chi connectivity index (χ4v) is 2.10. The van der Waals surface area contributed by atoms with E-state index in [1.807, 2.05) is 6.20 Å². The molecule has 0 amide bonds. The molecule has 0 aliphatic carbocycles. The van der Waals surface area contributed by atoms with Gasteiger partial charge < -0.3 is 10.3 Å². The van der Waals surface area contributed by atoms with Crippen molar-refractivity contribution in [1.29, 1.82) is 0 Å². The van der Waals surface area contributed by atoms with Crippen LogP contribution in [0.1, 0.15) is 12.0 Å². The molecule has 3 heterocycles. The van der Waals surface area contributed by atoms with Gasteiger partial charge in [-0.1, -0.05) is 6.08 Å². The highest BCUT2D eigenvalue weighted by Crippen LogP contribution is 2.25. The van der Waals surface area contributed by atoms with Gasteiger partial charge in [0.05, 0.1) is 0 Å². The molecule has 82 valence electrons. The third-order valence-corrected chi connectivity index (χ3v) is 2.88. The van der Waals surface area contributed by atoms with E-state index in [2.05, 4.69) is 21.4 Å². The molecule has 0 bridgehead atoms. The van der Waals surface area contributed by atoms with Crippen LogP contribution in [0.5, 0.6) is 0 Å². The first-order valence-corrected chi connectivity index (χ1v) is 5.38. The Kier molecular flexibility index (Phi) is 2.22. The normalized spacial score (nSPS) is 16.4. The first-order valence-electron chi connectivity index (χ1n) is 5.38. The number of hydrogen-bond donors (Lipinski definition) is 2. The fraction of sp³-hybridized carbons (Fsp3) is 0.250. The van der Waals surface area contributed by atoms with Crippen molar-refractivity contribution in [2.24, 2.45) is 0 Å². The number of aromatic amines is 1. The summed E-state index contributed by atoms with van der Waals surface area (Å²) >= 11 is 0. The van der Waals surface area contributed by atoms with Crippen LogP contribution in [-0.2, 0) is 0 Å². The average molecular weight is 217 g/mol. The minimum absolute atomic E-state index is 0.448. The number of H-pyrrole nitrogens is 1. The smallest absolute Gasteiger partial charge is 0.214 e. The summed E-state index contributed by atoms with van der Waals surface area (Å²) in [5.41, 5.74) is 2.99. The Morgan fingerprint density at radius 2 is 2.25 bits per heavy atom. The van der Waals surface area contributed by atoms with Crippen LogP contribution in [0.4, 0.5) is 4.39 Å². The van der Waals surface area contributed by atoms with E-state index in [1.54, 1.807) is 6.07 Å². The molecule has 0 saturated carbocycles. The minimum Gasteiger partial charge on any atom is -0.345 e. The van der Waals surface area contributed by atoms with E-state index in [4.69, 9.17) is 0 Å². The lowest BCUT2D eigenvalue weighted by atomic mass is 10.0. The Morgan fingerprint density at radius 3 is 3.06 bits per heavy atom. The molecular weight excluding hydrogens is 205 g/mol. The SMILES string of the molecule is Fc1ccc2c(C3=CCCNC3)c[nH]c2n1. The van der Waals surface area contributed by atoms with E-state index >= 15 is 0 Å². The zero-order chi connectivity index (χ0) is 11.0.